The van der Waals surface area contributed by atoms with E-state index in [9.17, 15) is 4.79 Å². The molecule has 1 amide bonds. The predicted octanol–water partition coefficient (Wildman–Crippen LogP) is 4.19. The molecule has 0 unspecified atom stereocenters. The maximum atomic E-state index is 12.7. The highest BCUT2D eigenvalue weighted by Gasteiger charge is 2.48. The predicted molar refractivity (Wildman–Crippen MR) is 113 cm³/mol. The van der Waals surface area contributed by atoms with Gasteiger partial charge in [-0.15, -0.1) is 0 Å². The maximum absolute atomic E-state index is 12.7. The van der Waals surface area contributed by atoms with Gasteiger partial charge in [0.05, 0.1) is 0 Å². The average Bonchev–Trinajstić information content (AvgIpc) is 3.48. The maximum Gasteiger partial charge on any atom is 0.256 e. The van der Waals surface area contributed by atoms with Gasteiger partial charge in [-0.2, -0.15) is 0 Å². The molecule has 0 spiro atoms. The van der Waals surface area contributed by atoms with Crippen molar-refractivity contribution in [1.82, 2.24) is 4.90 Å². The zero-order valence-corrected chi connectivity index (χ0v) is 17.9. The first kappa shape index (κ1) is 21.1. The highest BCUT2D eigenvalue weighted by atomic mass is 16.5. The number of benzene rings is 1. The van der Waals surface area contributed by atoms with Gasteiger partial charge < -0.3 is 14.8 Å². The fourth-order valence-corrected chi connectivity index (χ4v) is 4.46. The van der Waals surface area contributed by atoms with Crippen LogP contribution in [0.25, 0.3) is 0 Å². The highest BCUT2D eigenvalue weighted by molar-refractivity contribution is 5.97. The van der Waals surface area contributed by atoms with E-state index in [1.165, 1.54) is 6.42 Å². The monoisotopic (exact) mass is 388 g/mol. The summed E-state index contributed by atoms with van der Waals surface area (Å²) in [6, 6.07) is 7.65. The number of piperidine rings is 1. The van der Waals surface area contributed by atoms with Crippen LogP contribution < -0.4 is 10.1 Å². The van der Waals surface area contributed by atoms with Crippen LogP contribution >= 0.6 is 0 Å². The quantitative estimate of drug-likeness (QED) is 0.689. The summed E-state index contributed by atoms with van der Waals surface area (Å²) in [6.07, 6.45) is 3.45. The fraction of sp³-hybridized carbons (Fsp3) is 0.696. The Morgan fingerprint density at radius 2 is 1.82 bits per heavy atom. The Balaban J connectivity index is 1.46. The largest absolute Gasteiger partial charge is 0.492 e. The molecule has 1 N–H and O–H groups in total. The normalized spacial score (nSPS) is 25.1. The molecule has 1 heterocycles. The summed E-state index contributed by atoms with van der Waals surface area (Å²) in [5.41, 5.74) is 0.0507. The second kappa shape index (κ2) is 9.27. The number of nitrogens with one attached hydrogen (secondary N) is 1. The molecule has 2 fully saturated rings. The lowest BCUT2D eigenvalue weighted by Gasteiger charge is -2.34. The van der Waals surface area contributed by atoms with Crippen LogP contribution in [-0.2, 0) is 9.53 Å². The molecule has 1 aromatic rings. The van der Waals surface area contributed by atoms with Crippen LogP contribution in [0.15, 0.2) is 24.3 Å². The lowest BCUT2D eigenvalue weighted by molar-refractivity contribution is -0.141. The van der Waals surface area contributed by atoms with Crippen LogP contribution in [0.2, 0.25) is 0 Å². The molecule has 3 rings (SSSR count). The number of nitrogens with zero attached hydrogens (tertiary/aromatic N) is 1. The summed E-state index contributed by atoms with van der Waals surface area (Å²) < 4.78 is 11.7. The molecule has 1 saturated heterocycles. The van der Waals surface area contributed by atoms with Gasteiger partial charge in [-0.25, -0.2) is 0 Å². The highest BCUT2D eigenvalue weighted by Crippen LogP contribution is 2.42. The topological polar surface area (TPSA) is 50.8 Å². The van der Waals surface area contributed by atoms with Gasteiger partial charge in [0.25, 0.3) is 5.91 Å². The van der Waals surface area contributed by atoms with Crippen LogP contribution in [0.4, 0.5) is 5.69 Å². The summed E-state index contributed by atoms with van der Waals surface area (Å²) in [5, 5.41) is 3.01. The molecule has 0 aromatic heterocycles. The summed E-state index contributed by atoms with van der Waals surface area (Å²) in [5.74, 6) is 2.65. The number of anilines is 1. The minimum Gasteiger partial charge on any atom is -0.492 e. The van der Waals surface area contributed by atoms with E-state index in [-0.39, 0.29) is 5.91 Å². The molecule has 1 saturated carbocycles. The Morgan fingerprint density at radius 1 is 1.18 bits per heavy atom. The molecule has 156 valence electrons. The molecule has 5 nitrogen and oxygen atoms in total. The van der Waals surface area contributed by atoms with Crippen LogP contribution in [0, 0.1) is 17.8 Å². The van der Waals surface area contributed by atoms with Gasteiger partial charge in [0.2, 0.25) is 0 Å². The molecule has 1 aliphatic heterocycles. The van der Waals surface area contributed by atoms with Crippen LogP contribution in [-0.4, -0.2) is 49.3 Å². The number of likely N-dealkylation sites (tertiary alicyclic amines) is 1. The third kappa shape index (κ3) is 5.48. The van der Waals surface area contributed by atoms with Gasteiger partial charge in [0.1, 0.15) is 18.0 Å². The molecule has 5 heteroatoms. The molecule has 0 radical (unpaired) electrons. The summed E-state index contributed by atoms with van der Waals surface area (Å²) in [7, 11) is 0. The number of ether oxygens (including phenoxy) is 2. The van der Waals surface area contributed by atoms with E-state index in [4.69, 9.17) is 9.47 Å². The number of rotatable bonds is 9. The molecule has 28 heavy (non-hydrogen) atoms. The molecule has 1 aromatic carbocycles. The van der Waals surface area contributed by atoms with Gasteiger partial charge >= 0.3 is 0 Å². The molecule has 3 atom stereocenters. The number of carbonyl (C=O) groups excluding carboxylic acids is 1. The molecule has 1 aliphatic carbocycles. The second-order valence-electron chi connectivity index (χ2n) is 8.85. The van der Waals surface area contributed by atoms with E-state index < -0.39 is 5.60 Å². The second-order valence-corrected chi connectivity index (χ2v) is 8.85. The fourth-order valence-electron chi connectivity index (χ4n) is 4.46. The first-order chi connectivity index (χ1) is 13.4. The Bertz CT molecular complexity index is 634. The molecule has 0 bridgehead atoms. The van der Waals surface area contributed by atoms with Crippen molar-refractivity contribution in [3.8, 4) is 5.75 Å². The Labute approximate surface area is 169 Å². The number of carbonyl (C=O) groups is 1. The SMILES string of the molecule is CCO[C@](C)(C(=O)Nc1ccc(OCCN2C[C@@H](C)C[C@H](C)C2)cc1)C1CC1. The molecular formula is C23H36N2O3. The molecular weight excluding hydrogens is 352 g/mol. The summed E-state index contributed by atoms with van der Waals surface area (Å²) in [4.78, 5) is 15.2. The van der Waals surface area contributed by atoms with Crippen molar-refractivity contribution in [3.63, 3.8) is 0 Å². The first-order valence-electron chi connectivity index (χ1n) is 10.8. The Kier molecular flexibility index (Phi) is 7.00. The van der Waals surface area contributed by atoms with Gasteiger partial charge in [-0.1, -0.05) is 13.8 Å². The third-order valence-electron chi connectivity index (χ3n) is 5.98. The smallest absolute Gasteiger partial charge is 0.256 e. The van der Waals surface area contributed by atoms with Crippen LogP contribution in [0.1, 0.15) is 47.0 Å². The van der Waals surface area contributed by atoms with Crippen LogP contribution in [0.5, 0.6) is 5.75 Å². The molecule has 2 aliphatic rings. The van der Waals surface area contributed by atoms with Crippen molar-refractivity contribution < 1.29 is 14.3 Å². The number of amides is 1. The van der Waals surface area contributed by atoms with Crippen molar-refractivity contribution in [2.24, 2.45) is 17.8 Å². The van der Waals surface area contributed by atoms with E-state index in [2.05, 4.69) is 24.1 Å². The van der Waals surface area contributed by atoms with E-state index in [1.54, 1.807) is 0 Å². The number of hydrogen-bond donors (Lipinski definition) is 1. The average molecular weight is 389 g/mol. The van der Waals surface area contributed by atoms with Gasteiger partial charge in [-0.05, 0) is 75.1 Å². The van der Waals surface area contributed by atoms with Gasteiger partial charge in [0.15, 0.2) is 0 Å². The van der Waals surface area contributed by atoms with E-state index in [0.717, 1.165) is 55.7 Å². The third-order valence-corrected chi connectivity index (χ3v) is 5.98. The Morgan fingerprint density at radius 3 is 2.39 bits per heavy atom. The standard InChI is InChI=1S/C23H36N2O3/c1-5-28-23(4,19-6-7-19)22(26)24-20-8-10-21(11-9-20)27-13-12-25-15-17(2)14-18(3)16-25/h8-11,17-19H,5-7,12-16H2,1-4H3,(H,24,26)/t17-,18-,23-/m0/s1. The van der Waals surface area contributed by atoms with Crippen molar-refractivity contribution in [2.75, 3.05) is 38.2 Å². The van der Waals surface area contributed by atoms with Crippen LogP contribution in [0.3, 0.4) is 0 Å². The zero-order valence-electron chi connectivity index (χ0n) is 17.9. The minimum atomic E-state index is -0.730. The lowest BCUT2D eigenvalue weighted by atomic mass is 9.92. The first-order valence-corrected chi connectivity index (χ1v) is 10.8. The van der Waals surface area contributed by atoms with Crippen molar-refractivity contribution in [2.45, 2.75) is 52.6 Å². The Hall–Kier alpha value is -1.59. The number of hydrogen-bond acceptors (Lipinski definition) is 4. The van der Waals surface area contributed by atoms with E-state index in [0.29, 0.717) is 19.1 Å². The summed E-state index contributed by atoms with van der Waals surface area (Å²) >= 11 is 0. The van der Waals surface area contributed by atoms with Crippen molar-refractivity contribution in [1.29, 1.82) is 0 Å². The van der Waals surface area contributed by atoms with E-state index in [1.807, 2.05) is 38.1 Å². The summed E-state index contributed by atoms with van der Waals surface area (Å²) in [6.45, 7) is 13.0. The van der Waals surface area contributed by atoms with Crippen molar-refractivity contribution in [3.05, 3.63) is 24.3 Å². The van der Waals surface area contributed by atoms with Gasteiger partial charge in [-0.3, -0.25) is 9.69 Å². The lowest BCUT2D eigenvalue weighted by Crippen LogP contribution is -2.44. The van der Waals surface area contributed by atoms with E-state index >= 15 is 0 Å². The zero-order chi connectivity index (χ0) is 20.1. The van der Waals surface area contributed by atoms with Gasteiger partial charge in [0, 0.05) is 31.9 Å². The minimum absolute atomic E-state index is 0.0566. The van der Waals surface area contributed by atoms with Crippen molar-refractivity contribution >= 4 is 11.6 Å².